The van der Waals surface area contributed by atoms with Crippen LogP contribution in [0.2, 0.25) is 0 Å². The Labute approximate surface area is 98.8 Å². The third-order valence-corrected chi connectivity index (χ3v) is 2.67. The van der Waals surface area contributed by atoms with Crippen molar-refractivity contribution in [1.82, 2.24) is 10.6 Å². The zero-order chi connectivity index (χ0) is 12.3. The molecule has 1 aliphatic carbocycles. The van der Waals surface area contributed by atoms with Crippen LogP contribution in [0.4, 0.5) is 9.18 Å². The second-order valence-corrected chi connectivity index (χ2v) is 4.18. The largest absolute Gasteiger partial charge is 0.394 e. The fourth-order valence-corrected chi connectivity index (χ4v) is 1.54. The van der Waals surface area contributed by atoms with Gasteiger partial charge in [-0.2, -0.15) is 0 Å². The number of benzene rings is 1. The molecule has 5 heteroatoms. The van der Waals surface area contributed by atoms with Crippen molar-refractivity contribution in [2.75, 3.05) is 6.61 Å². The average Bonchev–Trinajstić information content (AvgIpc) is 3.11. The Balaban J connectivity index is 1.94. The number of hydrogen-bond acceptors (Lipinski definition) is 2. The van der Waals surface area contributed by atoms with Crippen molar-refractivity contribution in [3.63, 3.8) is 0 Å². The summed E-state index contributed by atoms with van der Waals surface area (Å²) in [6.45, 7) is -0.219. The minimum atomic E-state index is -0.505. The van der Waals surface area contributed by atoms with Gasteiger partial charge in [0.25, 0.3) is 0 Å². The van der Waals surface area contributed by atoms with Gasteiger partial charge in [-0.05, 0) is 30.5 Å². The highest BCUT2D eigenvalue weighted by molar-refractivity contribution is 5.75. The Morgan fingerprint density at radius 3 is 2.59 bits per heavy atom. The minimum absolute atomic E-state index is 0.219. The number of nitrogens with one attached hydrogen (secondary N) is 2. The van der Waals surface area contributed by atoms with Crippen LogP contribution in [-0.4, -0.2) is 23.8 Å². The lowest BCUT2D eigenvalue weighted by Crippen LogP contribution is -2.40. The highest BCUT2D eigenvalue weighted by Gasteiger charge is 2.24. The fraction of sp³-hybridized carbons (Fsp3) is 0.417. The summed E-state index contributed by atoms with van der Waals surface area (Å²) in [6, 6.07) is 5.17. The van der Waals surface area contributed by atoms with Crippen LogP contribution < -0.4 is 10.6 Å². The molecule has 0 aromatic heterocycles. The van der Waals surface area contributed by atoms with Gasteiger partial charge < -0.3 is 15.7 Å². The lowest BCUT2D eigenvalue weighted by molar-refractivity contribution is 0.216. The van der Waals surface area contributed by atoms with Crippen LogP contribution in [0, 0.1) is 5.82 Å². The second kappa shape index (κ2) is 5.14. The molecule has 1 aromatic rings. The van der Waals surface area contributed by atoms with E-state index in [9.17, 15) is 14.3 Å². The maximum atomic E-state index is 12.7. The van der Waals surface area contributed by atoms with Gasteiger partial charge in [-0.1, -0.05) is 12.1 Å². The number of hydrogen-bond donors (Lipinski definition) is 3. The number of aliphatic hydroxyl groups is 1. The summed E-state index contributed by atoms with van der Waals surface area (Å²) in [5.74, 6) is -0.340. The van der Waals surface area contributed by atoms with E-state index in [4.69, 9.17) is 0 Å². The molecule has 1 atom stereocenters. The van der Waals surface area contributed by atoms with Crippen molar-refractivity contribution < 1.29 is 14.3 Å². The molecular formula is C12H15FN2O2. The molecule has 3 N–H and O–H groups in total. The van der Waals surface area contributed by atoms with Crippen LogP contribution in [0.5, 0.6) is 0 Å². The van der Waals surface area contributed by atoms with Crippen molar-refractivity contribution in [1.29, 1.82) is 0 Å². The first kappa shape index (κ1) is 11.9. The lowest BCUT2D eigenvalue weighted by Gasteiger charge is -2.17. The van der Waals surface area contributed by atoms with E-state index in [1.165, 1.54) is 12.1 Å². The number of carbonyl (C=O) groups excluding carboxylic acids is 1. The SMILES string of the molecule is O=C(NC1CC1)N[C@H](CO)c1ccc(F)cc1. The van der Waals surface area contributed by atoms with Gasteiger partial charge in [-0.3, -0.25) is 0 Å². The topological polar surface area (TPSA) is 61.4 Å². The predicted molar refractivity (Wildman–Crippen MR) is 60.9 cm³/mol. The number of halogens is 1. The number of aliphatic hydroxyl groups excluding tert-OH is 1. The van der Waals surface area contributed by atoms with Crippen molar-refractivity contribution in [3.05, 3.63) is 35.6 Å². The molecule has 2 amide bonds. The first-order valence-corrected chi connectivity index (χ1v) is 5.62. The summed E-state index contributed by atoms with van der Waals surface area (Å²) < 4.78 is 12.7. The monoisotopic (exact) mass is 238 g/mol. The Morgan fingerprint density at radius 1 is 1.41 bits per heavy atom. The average molecular weight is 238 g/mol. The molecule has 0 bridgehead atoms. The van der Waals surface area contributed by atoms with E-state index in [1.807, 2.05) is 0 Å². The molecule has 4 nitrogen and oxygen atoms in total. The molecule has 1 aromatic carbocycles. The van der Waals surface area contributed by atoms with Gasteiger partial charge in [-0.25, -0.2) is 9.18 Å². The standard InChI is InChI=1S/C12H15FN2O2/c13-9-3-1-8(2-4-9)11(7-16)15-12(17)14-10-5-6-10/h1-4,10-11,16H,5-7H2,(H2,14,15,17)/t11-/m1/s1. The van der Waals surface area contributed by atoms with Gasteiger partial charge in [0.1, 0.15) is 5.82 Å². The molecule has 1 aliphatic rings. The van der Waals surface area contributed by atoms with Crippen molar-refractivity contribution in [3.8, 4) is 0 Å². The Bertz CT molecular complexity index is 390. The zero-order valence-electron chi connectivity index (χ0n) is 9.32. The Hall–Kier alpha value is -1.62. The van der Waals surface area contributed by atoms with Crippen LogP contribution in [0.3, 0.4) is 0 Å². The molecule has 1 saturated carbocycles. The van der Waals surface area contributed by atoms with Crippen LogP contribution in [0.1, 0.15) is 24.4 Å². The predicted octanol–water partition coefficient (Wildman–Crippen LogP) is 1.32. The number of rotatable bonds is 4. The van der Waals surface area contributed by atoms with Crippen molar-refractivity contribution in [2.45, 2.75) is 24.9 Å². The van der Waals surface area contributed by atoms with E-state index in [1.54, 1.807) is 12.1 Å². The van der Waals surface area contributed by atoms with Gasteiger partial charge in [0.05, 0.1) is 12.6 Å². The maximum Gasteiger partial charge on any atom is 0.315 e. The zero-order valence-corrected chi connectivity index (χ0v) is 9.32. The molecule has 0 aliphatic heterocycles. The van der Waals surface area contributed by atoms with Crippen LogP contribution >= 0.6 is 0 Å². The van der Waals surface area contributed by atoms with Crippen molar-refractivity contribution >= 4 is 6.03 Å². The van der Waals surface area contributed by atoms with E-state index in [2.05, 4.69) is 10.6 Å². The van der Waals surface area contributed by atoms with E-state index in [-0.39, 0.29) is 24.5 Å². The summed E-state index contributed by atoms with van der Waals surface area (Å²) in [4.78, 5) is 11.5. The number of amides is 2. The molecule has 0 spiro atoms. The molecular weight excluding hydrogens is 223 g/mol. The van der Waals surface area contributed by atoms with E-state index >= 15 is 0 Å². The lowest BCUT2D eigenvalue weighted by atomic mass is 10.1. The van der Waals surface area contributed by atoms with Crippen molar-refractivity contribution in [2.24, 2.45) is 0 Å². The van der Waals surface area contributed by atoms with Gasteiger partial charge in [0.15, 0.2) is 0 Å². The fourth-order valence-electron chi connectivity index (χ4n) is 1.54. The third-order valence-electron chi connectivity index (χ3n) is 2.67. The molecule has 1 fully saturated rings. The molecule has 0 unspecified atom stereocenters. The van der Waals surface area contributed by atoms with Crippen LogP contribution in [-0.2, 0) is 0 Å². The summed E-state index contributed by atoms with van der Waals surface area (Å²) in [7, 11) is 0. The summed E-state index contributed by atoms with van der Waals surface area (Å²) >= 11 is 0. The highest BCUT2D eigenvalue weighted by atomic mass is 19.1. The molecule has 92 valence electrons. The Kier molecular flexibility index (Phi) is 3.58. The van der Waals surface area contributed by atoms with Gasteiger partial charge >= 0.3 is 6.03 Å². The summed E-state index contributed by atoms with van der Waals surface area (Å²) in [5, 5.41) is 14.6. The van der Waals surface area contributed by atoms with E-state index in [0.29, 0.717) is 5.56 Å². The van der Waals surface area contributed by atoms with E-state index < -0.39 is 6.04 Å². The van der Waals surface area contributed by atoms with Gasteiger partial charge in [0.2, 0.25) is 0 Å². The molecule has 0 saturated heterocycles. The molecule has 17 heavy (non-hydrogen) atoms. The summed E-state index contributed by atoms with van der Waals surface area (Å²) in [6.07, 6.45) is 2.02. The smallest absolute Gasteiger partial charge is 0.315 e. The highest BCUT2D eigenvalue weighted by Crippen LogP contribution is 2.19. The Morgan fingerprint density at radius 2 is 2.06 bits per heavy atom. The maximum absolute atomic E-state index is 12.7. The molecule has 0 radical (unpaired) electrons. The first-order valence-electron chi connectivity index (χ1n) is 5.62. The molecule has 0 heterocycles. The second-order valence-electron chi connectivity index (χ2n) is 4.18. The number of urea groups is 1. The number of carbonyl (C=O) groups is 1. The van der Waals surface area contributed by atoms with E-state index in [0.717, 1.165) is 12.8 Å². The van der Waals surface area contributed by atoms with Gasteiger partial charge in [-0.15, -0.1) is 0 Å². The van der Waals surface area contributed by atoms with Crippen LogP contribution in [0.15, 0.2) is 24.3 Å². The molecule has 2 rings (SSSR count). The quantitative estimate of drug-likeness (QED) is 0.741. The third kappa shape index (κ3) is 3.42. The first-order chi connectivity index (χ1) is 8.19. The minimum Gasteiger partial charge on any atom is -0.394 e. The summed E-state index contributed by atoms with van der Waals surface area (Å²) in [5.41, 5.74) is 0.680. The normalized spacial score (nSPS) is 16.4. The van der Waals surface area contributed by atoms with Crippen LogP contribution in [0.25, 0.3) is 0 Å². The van der Waals surface area contributed by atoms with Gasteiger partial charge in [0, 0.05) is 6.04 Å².